The van der Waals surface area contributed by atoms with E-state index in [0.717, 1.165) is 36.9 Å². The van der Waals surface area contributed by atoms with Gasteiger partial charge in [-0.2, -0.15) is 0 Å². The molecule has 0 amide bonds. The van der Waals surface area contributed by atoms with Crippen molar-refractivity contribution < 1.29 is 0 Å². The first kappa shape index (κ1) is 19.2. The van der Waals surface area contributed by atoms with Gasteiger partial charge >= 0.3 is 0 Å². The smallest absolute Gasteiger partial charge is 0.193 e. The van der Waals surface area contributed by atoms with Crippen LogP contribution in [0, 0.1) is 0 Å². The average Bonchev–Trinajstić information content (AvgIpc) is 2.42. The fourth-order valence-electron chi connectivity index (χ4n) is 1.75. The number of nitrogens with one attached hydrogen (secondary N) is 1. The van der Waals surface area contributed by atoms with Crippen LogP contribution in [0.25, 0.3) is 0 Å². The molecule has 1 rings (SSSR count). The number of hydrogen-bond donors (Lipinski definition) is 1. The van der Waals surface area contributed by atoms with Gasteiger partial charge < -0.3 is 10.2 Å². The Morgan fingerprint density at radius 3 is 2.60 bits per heavy atom. The quantitative estimate of drug-likeness (QED) is 0.254. The van der Waals surface area contributed by atoms with Crippen molar-refractivity contribution in [3.63, 3.8) is 0 Å². The molecule has 0 fully saturated rings. The summed E-state index contributed by atoms with van der Waals surface area (Å²) in [6.07, 6.45) is 4.05. The highest BCUT2D eigenvalue weighted by molar-refractivity contribution is 14.0. The second kappa shape index (κ2) is 11.0. The van der Waals surface area contributed by atoms with Gasteiger partial charge in [0.1, 0.15) is 0 Å². The molecule has 0 atom stereocenters. The topological polar surface area (TPSA) is 27.6 Å². The monoisotopic (exact) mass is 407 g/mol. The van der Waals surface area contributed by atoms with Gasteiger partial charge in [0.25, 0.3) is 0 Å². The highest BCUT2D eigenvalue weighted by Gasteiger charge is 2.04. The van der Waals surface area contributed by atoms with Crippen molar-refractivity contribution in [2.45, 2.75) is 19.4 Å². The number of halogens is 2. The summed E-state index contributed by atoms with van der Waals surface area (Å²) in [6.45, 7) is 5.44. The number of allylic oxidation sites excluding steroid dienone is 1. The summed E-state index contributed by atoms with van der Waals surface area (Å²) in [6, 6.07) is 7.82. The molecule has 0 aliphatic carbocycles. The minimum Gasteiger partial charge on any atom is -0.352 e. The van der Waals surface area contributed by atoms with Gasteiger partial charge in [-0.05, 0) is 30.5 Å². The second-order valence-electron chi connectivity index (χ2n) is 4.38. The maximum atomic E-state index is 5.86. The van der Waals surface area contributed by atoms with Gasteiger partial charge in [-0.15, -0.1) is 30.6 Å². The summed E-state index contributed by atoms with van der Waals surface area (Å²) in [7, 11) is 3.84. The number of nitrogens with zero attached hydrogens (tertiary/aromatic N) is 2. The molecule has 1 N–H and O–H groups in total. The molecule has 5 heteroatoms. The first-order valence-corrected chi connectivity index (χ1v) is 6.82. The lowest BCUT2D eigenvalue weighted by Gasteiger charge is -2.21. The van der Waals surface area contributed by atoms with Gasteiger partial charge in [0.15, 0.2) is 5.96 Å². The molecule has 0 radical (unpaired) electrons. The summed E-state index contributed by atoms with van der Waals surface area (Å²) in [5, 5.41) is 4.10. The van der Waals surface area contributed by atoms with Gasteiger partial charge in [0.05, 0.1) is 0 Å². The molecule has 3 nitrogen and oxygen atoms in total. The van der Waals surface area contributed by atoms with Crippen molar-refractivity contribution in [1.82, 2.24) is 10.2 Å². The summed E-state index contributed by atoms with van der Waals surface area (Å²) in [5.41, 5.74) is 1.19. The standard InChI is InChI=1S/C15H22ClN3.HI/c1-4-5-6-11-19(3)15(17-2)18-12-13-7-9-14(16)10-8-13;/h4,7-10H,1,5-6,11-12H2,2-3H3,(H,17,18);1H. The third-order valence-corrected chi connectivity index (χ3v) is 3.09. The minimum atomic E-state index is 0. The van der Waals surface area contributed by atoms with E-state index in [1.165, 1.54) is 5.56 Å². The molecule has 0 aliphatic rings. The molecule has 0 heterocycles. The van der Waals surface area contributed by atoms with Crippen LogP contribution in [0.5, 0.6) is 0 Å². The van der Waals surface area contributed by atoms with E-state index in [1.807, 2.05) is 37.4 Å². The van der Waals surface area contributed by atoms with Gasteiger partial charge in [-0.25, -0.2) is 0 Å². The minimum absolute atomic E-state index is 0. The SMILES string of the molecule is C=CCCCN(C)C(=NC)NCc1ccc(Cl)cc1.I. The first-order chi connectivity index (χ1) is 9.17. The van der Waals surface area contributed by atoms with Gasteiger partial charge in [-0.1, -0.05) is 29.8 Å². The summed E-state index contributed by atoms with van der Waals surface area (Å²) in [4.78, 5) is 6.40. The number of rotatable bonds is 6. The largest absolute Gasteiger partial charge is 0.352 e. The lowest BCUT2D eigenvalue weighted by molar-refractivity contribution is 0.470. The highest BCUT2D eigenvalue weighted by atomic mass is 127. The summed E-state index contributed by atoms with van der Waals surface area (Å²) < 4.78 is 0. The van der Waals surface area contributed by atoms with Gasteiger partial charge in [0.2, 0.25) is 0 Å². The van der Waals surface area contributed by atoms with Gasteiger partial charge in [0, 0.05) is 32.2 Å². The van der Waals surface area contributed by atoms with Crippen LogP contribution in [0.1, 0.15) is 18.4 Å². The Labute approximate surface area is 144 Å². The Morgan fingerprint density at radius 1 is 1.40 bits per heavy atom. The zero-order chi connectivity index (χ0) is 14.1. The fraction of sp³-hybridized carbons (Fsp3) is 0.400. The molecule has 112 valence electrons. The fourth-order valence-corrected chi connectivity index (χ4v) is 1.87. The maximum Gasteiger partial charge on any atom is 0.193 e. The molecular weight excluding hydrogens is 385 g/mol. The van der Waals surface area contributed by atoms with Crippen LogP contribution in [0.15, 0.2) is 41.9 Å². The third kappa shape index (κ3) is 7.14. The van der Waals surface area contributed by atoms with E-state index in [9.17, 15) is 0 Å². The molecule has 1 aromatic rings. The normalized spacial score (nSPS) is 10.7. The number of guanidine groups is 1. The van der Waals surface area contributed by atoms with Crippen LogP contribution in [-0.2, 0) is 6.54 Å². The number of aliphatic imine (C=N–C) groups is 1. The van der Waals surface area contributed by atoms with Crippen molar-refractivity contribution in [2.24, 2.45) is 4.99 Å². The Kier molecular flexibility index (Phi) is 10.6. The van der Waals surface area contributed by atoms with Crippen molar-refractivity contribution in [3.05, 3.63) is 47.5 Å². The van der Waals surface area contributed by atoms with Crippen LogP contribution in [0.3, 0.4) is 0 Å². The first-order valence-electron chi connectivity index (χ1n) is 6.44. The van der Waals surface area contributed by atoms with Crippen LogP contribution >= 0.6 is 35.6 Å². The Morgan fingerprint density at radius 2 is 2.05 bits per heavy atom. The van der Waals surface area contributed by atoms with Gasteiger partial charge in [-0.3, -0.25) is 4.99 Å². The molecule has 20 heavy (non-hydrogen) atoms. The maximum absolute atomic E-state index is 5.86. The van der Waals surface area contributed by atoms with E-state index >= 15 is 0 Å². The zero-order valence-electron chi connectivity index (χ0n) is 12.1. The van der Waals surface area contributed by atoms with E-state index in [0.29, 0.717) is 0 Å². The van der Waals surface area contributed by atoms with Crippen molar-refractivity contribution in [1.29, 1.82) is 0 Å². The van der Waals surface area contributed by atoms with Crippen LogP contribution in [0.2, 0.25) is 5.02 Å². The molecule has 0 spiro atoms. The number of benzene rings is 1. The Balaban J connectivity index is 0.00000361. The lowest BCUT2D eigenvalue weighted by atomic mass is 10.2. The summed E-state index contributed by atoms with van der Waals surface area (Å²) >= 11 is 5.86. The van der Waals surface area contributed by atoms with E-state index in [4.69, 9.17) is 11.6 Å². The van der Waals surface area contributed by atoms with Crippen LogP contribution in [-0.4, -0.2) is 31.5 Å². The predicted molar refractivity (Wildman–Crippen MR) is 99.1 cm³/mol. The van der Waals surface area contributed by atoms with Crippen molar-refractivity contribution >= 4 is 41.5 Å². The summed E-state index contributed by atoms with van der Waals surface area (Å²) in [5.74, 6) is 0.902. The molecule has 0 saturated heterocycles. The molecule has 0 aromatic heterocycles. The van der Waals surface area contributed by atoms with Crippen LogP contribution < -0.4 is 5.32 Å². The van der Waals surface area contributed by atoms with E-state index < -0.39 is 0 Å². The number of hydrogen-bond acceptors (Lipinski definition) is 1. The van der Waals surface area contributed by atoms with Crippen LogP contribution in [0.4, 0.5) is 0 Å². The zero-order valence-corrected chi connectivity index (χ0v) is 15.2. The van der Waals surface area contributed by atoms with E-state index in [-0.39, 0.29) is 24.0 Å². The molecule has 1 aromatic carbocycles. The lowest BCUT2D eigenvalue weighted by Crippen LogP contribution is -2.38. The van der Waals surface area contributed by atoms with E-state index in [1.54, 1.807) is 7.05 Å². The average molecular weight is 408 g/mol. The molecule has 0 unspecified atom stereocenters. The Bertz CT molecular complexity index is 418. The molecule has 0 bridgehead atoms. The molecular formula is C15H23ClIN3. The predicted octanol–water partition coefficient (Wildman–Crippen LogP) is 3.93. The Hall–Kier alpha value is -0.750. The highest BCUT2D eigenvalue weighted by Crippen LogP contribution is 2.09. The third-order valence-electron chi connectivity index (χ3n) is 2.84. The second-order valence-corrected chi connectivity index (χ2v) is 4.82. The number of unbranched alkanes of at least 4 members (excludes halogenated alkanes) is 1. The molecule has 0 aliphatic heterocycles. The van der Waals surface area contributed by atoms with E-state index in [2.05, 4.69) is 21.8 Å². The van der Waals surface area contributed by atoms with Crippen molar-refractivity contribution in [2.75, 3.05) is 20.6 Å². The molecule has 0 saturated carbocycles. The van der Waals surface area contributed by atoms with Crippen molar-refractivity contribution in [3.8, 4) is 0 Å².